The van der Waals surface area contributed by atoms with Gasteiger partial charge in [0.05, 0.1) is 12.1 Å². The van der Waals surface area contributed by atoms with Gasteiger partial charge in [0, 0.05) is 11.1 Å². The van der Waals surface area contributed by atoms with Crippen LogP contribution in [-0.4, -0.2) is 12.9 Å². The summed E-state index contributed by atoms with van der Waals surface area (Å²) in [6, 6.07) is 9.72. The molecule has 2 aromatic rings. The third kappa shape index (κ3) is 2.61. The summed E-state index contributed by atoms with van der Waals surface area (Å²) < 4.78 is 19.1. The molecule has 0 heterocycles. The number of halogens is 2. The van der Waals surface area contributed by atoms with Crippen molar-refractivity contribution in [3.05, 3.63) is 52.8 Å². The second kappa shape index (κ2) is 5.41. The van der Waals surface area contributed by atoms with Crippen LogP contribution in [0.15, 0.2) is 36.4 Å². The van der Waals surface area contributed by atoms with Crippen LogP contribution in [-0.2, 0) is 0 Å². The van der Waals surface area contributed by atoms with E-state index in [2.05, 4.69) is 0 Å². The minimum absolute atomic E-state index is 0.123. The van der Waals surface area contributed by atoms with Gasteiger partial charge in [-0.1, -0.05) is 29.8 Å². The number of ketones is 1. The molecule has 0 fully saturated rings. The van der Waals surface area contributed by atoms with E-state index in [1.807, 2.05) is 0 Å². The van der Waals surface area contributed by atoms with Crippen molar-refractivity contribution in [2.24, 2.45) is 0 Å². The van der Waals surface area contributed by atoms with Gasteiger partial charge in [-0.25, -0.2) is 4.39 Å². The van der Waals surface area contributed by atoms with Gasteiger partial charge in [0.25, 0.3) is 0 Å². The van der Waals surface area contributed by atoms with E-state index in [0.717, 1.165) is 0 Å². The van der Waals surface area contributed by atoms with Gasteiger partial charge in [0.1, 0.15) is 0 Å². The van der Waals surface area contributed by atoms with E-state index in [1.54, 1.807) is 36.4 Å². The Hall–Kier alpha value is -1.87. The minimum Gasteiger partial charge on any atom is -0.494 e. The highest BCUT2D eigenvalue weighted by Gasteiger charge is 2.12. The monoisotopic (exact) mass is 278 g/mol. The van der Waals surface area contributed by atoms with Gasteiger partial charge >= 0.3 is 0 Å². The topological polar surface area (TPSA) is 26.3 Å². The number of rotatable bonds is 3. The molecule has 98 valence electrons. The number of carbonyl (C=O) groups excluding carboxylic acids is 1. The Morgan fingerprint density at radius 2 is 2.00 bits per heavy atom. The molecule has 0 aromatic heterocycles. The molecule has 0 unspecified atom stereocenters. The van der Waals surface area contributed by atoms with Crippen molar-refractivity contribution in [2.75, 3.05) is 7.11 Å². The first-order valence-electron chi connectivity index (χ1n) is 5.68. The van der Waals surface area contributed by atoms with Crippen LogP contribution in [0.25, 0.3) is 11.1 Å². The Morgan fingerprint density at radius 1 is 1.26 bits per heavy atom. The maximum atomic E-state index is 14.1. The molecule has 0 atom stereocenters. The molecule has 4 heteroatoms. The summed E-state index contributed by atoms with van der Waals surface area (Å²) in [4.78, 5) is 11.3. The predicted octanol–water partition coefficient (Wildman–Crippen LogP) is 4.36. The third-order valence-corrected chi connectivity index (χ3v) is 3.16. The highest BCUT2D eigenvalue weighted by molar-refractivity contribution is 6.34. The second-order valence-corrected chi connectivity index (χ2v) is 4.48. The van der Waals surface area contributed by atoms with Crippen molar-refractivity contribution in [1.29, 1.82) is 0 Å². The zero-order valence-electron chi connectivity index (χ0n) is 10.5. The molecule has 2 aromatic carbocycles. The van der Waals surface area contributed by atoms with Crippen LogP contribution in [0.2, 0.25) is 5.02 Å². The molecule has 0 aliphatic heterocycles. The van der Waals surface area contributed by atoms with Crippen molar-refractivity contribution in [3.63, 3.8) is 0 Å². The average molecular weight is 279 g/mol. The molecule has 0 spiro atoms. The number of benzene rings is 2. The number of carbonyl (C=O) groups is 1. The smallest absolute Gasteiger partial charge is 0.172 e. The lowest BCUT2D eigenvalue weighted by atomic mass is 10.0. The SMILES string of the molecule is COc1cccc(-c2ccc(C(C)=O)c(Cl)c2)c1F. The molecule has 0 bridgehead atoms. The zero-order chi connectivity index (χ0) is 14.0. The highest BCUT2D eigenvalue weighted by Crippen LogP contribution is 2.31. The zero-order valence-corrected chi connectivity index (χ0v) is 11.3. The van der Waals surface area contributed by atoms with E-state index < -0.39 is 5.82 Å². The molecule has 0 aliphatic carbocycles. The Labute approximate surface area is 115 Å². The molecule has 0 saturated heterocycles. The van der Waals surface area contributed by atoms with Crippen LogP contribution in [0.3, 0.4) is 0 Å². The van der Waals surface area contributed by atoms with Crippen LogP contribution in [0.1, 0.15) is 17.3 Å². The maximum Gasteiger partial charge on any atom is 0.172 e. The summed E-state index contributed by atoms with van der Waals surface area (Å²) in [5, 5.41) is 0.312. The van der Waals surface area contributed by atoms with E-state index in [9.17, 15) is 9.18 Å². The molecular weight excluding hydrogens is 267 g/mol. The molecular formula is C15H12ClFO2. The molecule has 0 amide bonds. The molecule has 0 radical (unpaired) electrons. The molecule has 0 N–H and O–H groups in total. The Balaban J connectivity index is 2.54. The highest BCUT2D eigenvalue weighted by atomic mass is 35.5. The largest absolute Gasteiger partial charge is 0.494 e. The van der Waals surface area contributed by atoms with E-state index in [4.69, 9.17) is 16.3 Å². The first-order valence-corrected chi connectivity index (χ1v) is 6.05. The van der Waals surface area contributed by atoms with E-state index >= 15 is 0 Å². The van der Waals surface area contributed by atoms with Gasteiger partial charge in [-0.2, -0.15) is 0 Å². The van der Waals surface area contributed by atoms with E-state index in [1.165, 1.54) is 14.0 Å². The fourth-order valence-electron chi connectivity index (χ4n) is 1.86. The molecule has 0 aliphatic rings. The Morgan fingerprint density at radius 3 is 2.58 bits per heavy atom. The lowest BCUT2D eigenvalue weighted by molar-refractivity contribution is 0.101. The number of hydrogen-bond donors (Lipinski definition) is 0. The van der Waals surface area contributed by atoms with Crippen molar-refractivity contribution < 1.29 is 13.9 Å². The van der Waals surface area contributed by atoms with Crippen molar-refractivity contribution >= 4 is 17.4 Å². The summed E-state index contributed by atoms with van der Waals surface area (Å²) in [5.74, 6) is -0.399. The summed E-state index contributed by atoms with van der Waals surface area (Å²) in [5.41, 5.74) is 1.41. The van der Waals surface area contributed by atoms with Crippen molar-refractivity contribution in [2.45, 2.75) is 6.92 Å². The fourth-order valence-corrected chi connectivity index (χ4v) is 2.17. The number of hydrogen-bond acceptors (Lipinski definition) is 2. The number of ether oxygens (including phenoxy) is 1. The van der Waals surface area contributed by atoms with Crippen LogP contribution >= 0.6 is 11.6 Å². The Kier molecular flexibility index (Phi) is 3.86. The summed E-state index contributed by atoms with van der Waals surface area (Å²) in [7, 11) is 1.41. The molecule has 2 nitrogen and oxygen atoms in total. The van der Waals surface area contributed by atoms with Gasteiger partial charge in [-0.3, -0.25) is 4.79 Å². The molecule has 0 saturated carbocycles. The van der Waals surface area contributed by atoms with Gasteiger partial charge in [-0.05, 0) is 30.7 Å². The third-order valence-electron chi connectivity index (χ3n) is 2.84. The number of Topliss-reactive ketones (excluding diaryl/α,β-unsaturated/α-hetero) is 1. The van der Waals surface area contributed by atoms with Crippen LogP contribution in [0.4, 0.5) is 4.39 Å². The fraction of sp³-hybridized carbons (Fsp3) is 0.133. The van der Waals surface area contributed by atoms with Gasteiger partial charge in [0.2, 0.25) is 0 Å². The predicted molar refractivity (Wildman–Crippen MR) is 73.4 cm³/mol. The Bertz CT molecular complexity index is 638. The quantitative estimate of drug-likeness (QED) is 0.780. The van der Waals surface area contributed by atoms with Crippen molar-refractivity contribution in [1.82, 2.24) is 0 Å². The lowest BCUT2D eigenvalue weighted by Gasteiger charge is -2.09. The van der Waals surface area contributed by atoms with E-state index in [-0.39, 0.29) is 11.5 Å². The van der Waals surface area contributed by atoms with Gasteiger partial charge in [0.15, 0.2) is 17.3 Å². The maximum absolute atomic E-state index is 14.1. The van der Waals surface area contributed by atoms with Crippen LogP contribution < -0.4 is 4.74 Å². The van der Waals surface area contributed by atoms with E-state index in [0.29, 0.717) is 21.7 Å². The lowest BCUT2D eigenvalue weighted by Crippen LogP contribution is -1.95. The molecule has 2 rings (SSSR count). The summed E-state index contributed by atoms with van der Waals surface area (Å²) in [6.07, 6.45) is 0. The first kappa shape index (κ1) is 13.6. The van der Waals surface area contributed by atoms with Gasteiger partial charge < -0.3 is 4.74 Å². The average Bonchev–Trinajstić information content (AvgIpc) is 2.38. The normalized spacial score (nSPS) is 10.3. The number of methoxy groups -OCH3 is 1. The first-order chi connectivity index (χ1) is 9.04. The second-order valence-electron chi connectivity index (χ2n) is 4.07. The van der Waals surface area contributed by atoms with Gasteiger partial charge in [-0.15, -0.1) is 0 Å². The summed E-state index contributed by atoms with van der Waals surface area (Å²) in [6.45, 7) is 1.44. The van der Waals surface area contributed by atoms with Crippen LogP contribution in [0.5, 0.6) is 5.75 Å². The minimum atomic E-state index is -0.448. The van der Waals surface area contributed by atoms with Crippen molar-refractivity contribution in [3.8, 4) is 16.9 Å². The van der Waals surface area contributed by atoms with Crippen LogP contribution in [0, 0.1) is 5.82 Å². The molecule has 19 heavy (non-hydrogen) atoms. The summed E-state index contributed by atoms with van der Waals surface area (Å²) >= 11 is 6.03. The standard InChI is InChI=1S/C15H12ClFO2/c1-9(18)11-7-6-10(8-13(11)16)12-4-3-5-14(19-2)15(12)17/h3-8H,1-2H3.